The summed E-state index contributed by atoms with van der Waals surface area (Å²) in [6.07, 6.45) is 13.8. The van der Waals surface area contributed by atoms with Crippen molar-refractivity contribution in [3.05, 3.63) is 0 Å². The fourth-order valence-electron chi connectivity index (χ4n) is 10.4. The Hall–Kier alpha value is 0.314. The molecular formula is C33H64O3Si2. The summed E-state index contributed by atoms with van der Waals surface area (Å²) in [5.41, 5.74) is -0.374. The van der Waals surface area contributed by atoms with Gasteiger partial charge in [-0.25, -0.2) is 0 Å². The highest BCUT2D eigenvalue weighted by Crippen LogP contribution is 2.69. The molecule has 0 aromatic carbocycles. The van der Waals surface area contributed by atoms with E-state index in [9.17, 15) is 5.11 Å². The average molecular weight is 565 g/mol. The quantitative estimate of drug-likeness (QED) is 0.284. The second kappa shape index (κ2) is 10.9. The molecule has 10 atom stereocenters. The highest BCUT2D eigenvalue weighted by atomic mass is 28.4. The van der Waals surface area contributed by atoms with Gasteiger partial charge in [0.05, 0.1) is 11.7 Å². The van der Waals surface area contributed by atoms with Crippen LogP contribution in [0.15, 0.2) is 0 Å². The summed E-state index contributed by atoms with van der Waals surface area (Å²) < 4.78 is 13.7. The van der Waals surface area contributed by atoms with E-state index in [1.54, 1.807) is 0 Å². The molecule has 4 rings (SSSR count). The molecule has 4 saturated carbocycles. The topological polar surface area (TPSA) is 38.7 Å². The third kappa shape index (κ3) is 5.94. The Labute approximate surface area is 238 Å². The van der Waals surface area contributed by atoms with Crippen molar-refractivity contribution >= 4 is 16.6 Å². The molecule has 3 nitrogen and oxygen atoms in total. The maximum atomic E-state index is 12.8. The molecule has 0 aliphatic heterocycles. The highest BCUT2D eigenvalue weighted by Gasteiger charge is 2.68. The van der Waals surface area contributed by atoms with Crippen LogP contribution in [0.2, 0.25) is 39.3 Å². The van der Waals surface area contributed by atoms with Gasteiger partial charge in [0, 0.05) is 17.9 Å². The van der Waals surface area contributed by atoms with E-state index in [0.29, 0.717) is 17.3 Å². The van der Waals surface area contributed by atoms with Gasteiger partial charge in [-0.3, -0.25) is 0 Å². The molecular weight excluding hydrogens is 501 g/mol. The first-order valence-corrected chi connectivity index (χ1v) is 23.3. The van der Waals surface area contributed by atoms with E-state index in [1.165, 1.54) is 44.9 Å². The van der Waals surface area contributed by atoms with Crippen LogP contribution in [0.4, 0.5) is 0 Å². The predicted octanol–water partition coefficient (Wildman–Crippen LogP) is 9.27. The van der Waals surface area contributed by atoms with E-state index in [-0.39, 0.29) is 17.6 Å². The fourth-order valence-corrected chi connectivity index (χ4v) is 12.8. The van der Waals surface area contributed by atoms with Crippen LogP contribution in [-0.2, 0) is 8.85 Å². The maximum Gasteiger partial charge on any atom is 0.184 e. The molecule has 4 aliphatic carbocycles. The first-order chi connectivity index (χ1) is 17.4. The SMILES string of the molecule is CC(C)CCC[C@@H](C)[C@H]1CC[C@H]2[C@@H]3C[C@@H](O[Si](C)(C)C)[C@@]4(O)C[C@@H](O[Si](C)(C)C)CC[C@]4(C)[C@H]3CC[C@]12C. The molecule has 0 spiro atoms. The Kier molecular flexibility index (Phi) is 8.93. The average Bonchev–Trinajstić information content (AvgIpc) is 3.11. The van der Waals surface area contributed by atoms with Gasteiger partial charge in [-0.15, -0.1) is 0 Å². The lowest BCUT2D eigenvalue weighted by Gasteiger charge is -2.67. The second-order valence-electron chi connectivity index (χ2n) is 17.3. The van der Waals surface area contributed by atoms with Crippen LogP contribution < -0.4 is 0 Å². The number of hydrogen-bond donors (Lipinski definition) is 1. The van der Waals surface area contributed by atoms with E-state index < -0.39 is 22.2 Å². The van der Waals surface area contributed by atoms with Gasteiger partial charge in [-0.2, -0.15) is 0 Å². The van der Waals surface area contributed by atoms with Crippen molar-refractivity contribution in [2.75, 3.05) is 0 Å². The largest absolute Gasteiger partial charge is 0.415 e. The predicted molar refractivity (Wildman–Crippen MR) is 166 cm³/mol. The van der Waals surface area contributed by atoms with Crippen LogP contribution in [-0.4, -0.2) is 39.6 Å². The molecule has 0 aromatic heterocycles. The van der Waals surface area contributed by atoms with Gasteiger partial charge in [-0.05, 0) is 125 Å². The molecule has 0 unspecified atom stereocenters. The fraction of sp³-hybridized carbons (Fsp3) is 1.00. The van der Waals surface area contributed by atoms with E-state index in [0.717, 1.165) is 49.4 Å². The Bertz CT molecular complexity index is 818. The summed E-state index contributed by atoms with van der Waals surface area (Å²) >= 11 is 0. The zero-order valence-electron chi connectivity index (χ0n) is 27.2. The standard InChI is InChI=1S/C33H64O3Si2/c1-23(2)13-12-14-24(3)27-15-16-28-26-21-30(36-38(9,10)11)33(34)22-25(35-37(6,7)8)17-20-32(33,5)29(26)18-19-31(27,28)4/h23-30,34H,12-22H2,1-11H3/t24-,25+,26+,27-,28+,29+,30-,31-,32-,33+/m1/s1. The van der Waals surface area contributed by atoms with Gasteiger partial charge in [0.1, 0.15) is 0 Å². The summed E-state index contributed by atoms with van der Waals surface area (Å²) in [5, 5.41) is 12.8. The van der Waals surface area contributed by atoms with Crippen molar-refractivity contribution in [1.29, 1.82) is 0 Å². The van der Waals surface area contributed by atoms with Crippen LogP contribution in [0.3, 0.4) is 0 Å². The van der Waals surface area contributed by atoms with Crippen molar-refractivity contribution in [3.63, 3.8) is 0 Å². The zero-order chi connectivity index (χ0) is 28.3. The molecule has 222 valence electrons. The van der Waals surface area contributed by atoms with Crippen molar-refractivity contribution in [2.45, 2.75) is 162 Å². The monoisotopic (exact) mass is 564 g/mol. The highest BCUT2D eigenvalue weighted by molar-refractivity contribution is 6.70. The van der Waals surface area contributed by atoms with E-state index in [1.807, 2.05) is 0 Å². The Morgan fingerprint density at radius 3 is 2.08 bits per heavy atom. The minimum Gasteiger partial charge on any atom is -0.415 e. The van der Waals surface area contributed by atoms with Gasteiger partial charge in [0.2, 0.25) is 0 Å². The Morgan fingerprint density at radius 2 is 1.47 bits per heavy atom. The lowest BCUT2D eigenvalue weighted by atomic mass is 9.42. The summed E-state index contributed by atoms with van der Waals surface area (Å²) in [6.45, 7) is 26.3. The molecule has 4 fully saturated rings. The van der Waals surface area contributed by atoms with E-state index >= 15 is 0 Å². The van der Waals surface area contributed by atoms with Gasteiger partial charge in [0.25, 0.3) is 0 Å². The van der Waals surface area contributed by atoms with Gasteiger partial charge < -0.3 is 14.0 Å². The maximum absolute atomic E-state index is 12.8. The molecule has 0 radical (unpaired) electrons. The van der Waals surface area contributed by atoms with Crippen molar-refractivity contribution in [2.24, 2.45) is 46.3 Å². The summed E-state index contributed by atoms with van der Waals surface area (Å²) in [4.78, 5) is 0. The molecule has 0 saturated heterocycles. The van der Waals surface area contributed by atoms with Crippen LogP contribution in [0, 0.1) is 46.3 Å². The normalized spacial score (nSPS) is 44.4. The third-order valence-corrected chi connectivity index (χ3v) is 14.0. The smallest absolute Gasteiger partial charge is 0.184 e. The van der Waals surface area contributed by atoms with Crippen molar-refractivity contribution in [1.82, 2.24) is 0 Å². The van der Waals surface area contributed by atoms with Crippen LogP contribution in [0.1, 0.15) is 105 Å². The first-order valence-electron chi connectivity index (χ1n) is 16.5. The lowest BCUT2D eigenvalue weighted by Crippen LogP contribution is -2.70. The molecule has 0 heterocycles. The molecule has 4 aliphatic rings. The van der Waals surface area contributed by atoms with Crippen LogP contribution in [0.25, 0.3) is 0 Å². The second-order valence-corrected chi connectivity index (χ2v) is 26.2. The summed E-state index contributed by atoms with van der Waals surface area (Å²) in [5.74, 6) is 4.63. The molecule has 5 heteroatoms. The van der Waals surface area contributed by atoms with E-state index in [4.69, 9.17) is 8.85 Å². The molecule has 1 N–H and O–H groups in total. The van der Waals surface area contributed by atoms with E-state index in [2.05, 4.69) is 73.9 Å². The minimum absolute atomic E-state index is 0.0432. The first kappa shape index (κ1) is 31.3. The molecule has 0 aromatic rings. The minimum atomic E-state index is -1.83. The molecule has 0 amide bonds. The lowest BCUT2D eigenvalue weighted by molar-refractivity contribution is -0.259. The summed E-state index contributed by atoms with van der Waals surface area (Å²) in [6, 6.07) is 0. The van der Waals surface area contributed by atoms with Crippen LogP contribution in [0.5, 0.6) is 0 Å². The zero-order valence-corrected chi connectivity index (χ0v) is 29.2. The third-order valence-electron chi connectivity index (χ3n) is 12.0. The summed E-state index contributed by atoms with van der Waals surface area (Å²) in [7, 11) is -3.49. The number of fused-ring (bicyclic) bond motifs is 5. The number of rotatable bonds is 9. The van der Waals surface area contributed by atoms with Crippen molar-refractivity contribution < 1.29 is 14.0 Å². The van der Waals surface area contributed by atoms with Crippen molar-refractivity contribution in [3.8, 4) is 0 Å². The van der Waals surface area contributed by atoms with Crippen LogP contribution >= 0.6 is 0 Å². The Morgan fingerprint density at radius 1 is 0.816 bits per heavy atom. The number of hydrogen-bond acceptors (Lipinski definition) is 3. The van der Waals surface area contributed by atoms with Gasteiger partial charge in [-0.1, -0.05) is 53.9 Å². The van der Waals surface area contributed by atoms with Gasteiger partial charge >= 0.3 is 0 Å². The number of aliphatic hydroxyl groups is 1. The molecule has 0 bridgehead atoms. The van der Waals surface area contributed by atoms with Gasteiger partial charge in [0.15, 0.2) is 16.6 Å². The molecule has 38 heavy (non-hydrogen) atoms. The Balaban J connectivity index is 1.60.